The lowest BCUT2D eigenvalue weighted by molar-refractivity contribution is 1.06. The SMILES string of the molecule is N#Cc1ccccc1-c1cccc(-n2c3ccccc3c3ccccc32)c1-c1nc(-c2ccccc2)nc(-c2c(C#N)cccc2-n2c3ccccc3c3ccccc32)n1. The van der Waals surface area contributed by atoms with Crippen LogP contribution < -0.4 is 0 Å². The van der Waals surface area contributed by atoms with Gasteiger partial charge >= 0.3 is 0 Å². The lowest BCUT2D eigenvalue weighted by Crippen LogP contribution is -2.07. The topological polar surface area (TPSA) is 96.1 Å². The van der Waals surface area contributed by atoms with E-state index in [4.69, 9.17) is 15.0 Å². The minimum atomic E-state index is 0.351. The second-order valence-electron chi connectivity index (χ2n) is 14.6. The standard InChI is InChI=1S/C53H31N7/c54-32-35-18-4-5-20-37(35)42-25-15-31-48(60-45-28-12-8-23-40(45)41-24-9-13-29-46(41)60)50(42)53-57-51(34-16-2-1-3-17-34)56-52(58-53)49-36(33-55)19-14-30-47(49)59-43-26-10-6-21-38(43)39-22-7-11-27-44(39)59/h1-31H. The van der Waals surface area contributed by atoms with Gasteiger partial charge in [0, 0.05) is 32.7 Å². The first-order chi connectivity index (χ1) is 29.7. The molecule has 11 rings (SSSR count). The molecule has 0 spiro atoms. The molecular weight excluding hydrogens is 735 g/mol. The number of para-hydroxylation sites is 4. The summed E-state index contributed by atoms with van der Waals surface area (Å²) in [5.41, 5.74) is 10.2. The van der Waals surface area contributed by atoms with E-state index in [2.05, 4.69) is 100 Å². The summed E-state index contributed by atoms with van der Waals surface area (Å²) in [4.78, 5) is 16.0. The average molecular weight is 766 g/mol. The maximum Gasteiger partial charge on any atom is 0.167 e. The summed E-state index contributed by atoms with van der Waals surface area (Å²) < 4.78 is 4.46. The van der Waals surface area contributed by atoms with Gasteiger partial charge in [-0.1, -0.05) is 140 Å². The zero-order valence-corrected chi connectivity index (χ0v) is 32.0. The Morgan fingerprint density at radius 3 is 1.28 bits per heavy atom. The highest BCUT2D eigenvalue weighted by molar-refractivity contribution is 6.11. The lowest BCUT2D eigenvalue weighted by Gasteiger charge is -2.19. The van der Waals surface area contributed by atoms with E-state index >= 15 is 0 Å². The van der Waals surface area contributed by atoms with Gasteiger partial charge in [-0.2, -0.15) is 10.5 Å². The normalized spacial score (nSPS) is 11.3. The molecule has 0 saturated heterocycles. The third kappa shape index (κ3) is 5.39. The van der Waals surface area contributed by atoms with Crippen molar-refractivity contribution in [2.24, 2.45) is 0 Å². The molecule has 0 unspecified atom stereocenters. The zero-order valence-electron chi connectivity index (χ0n) is 32.0. The molecule has 0 atom stereocenters. The Labute approximate surface area is 345 Å². The Balaban J connectivity index is 1.28. The van der Waals surface area contributed by atoms with E-state index in [0.717, 1.165) is 77.2 Å². The zero-order chi connectivity index (χ0) is 40.2. The van der Waals surface area contributed by atoms with Crippen molar-refractivity contribution < 1.29 is 0 Å². The Kier molecular flexibility index (Phi) is 8.11. The van der Waals surface area contributed by atoms with Crippen LogP contribution in [0.5, 0.6) is 0 Å². The van der Waals surface area contributed by atoms with Crippen molar-refractivity contribution in [2.45, 2.75) is 0 Å². The summed E-state index contributed by atoms with van der Waals surface area (Å²) >= 11 is 0. The molecule has 0 aliphatic rings. The number of nitriles is 2. The van der Waals surface area contributed by atoms with Gasteiger partial charge in [0.25, 0.3) is 0 Å². The van der Waals surface area contributed by atoms with Crippen LogP contribution in [-0.2, 0) is 0 Å². The predicted molar refractivity (Wildman–Crippen MR) is 240 cm³/mol. The van der Waals surface area contributed by atoms with Gasteiger partial charge in [-0.15, -0.1) is 0 Å². The molecule has 0 radical (unpaired) electrons. The van der Waals surface area contributed by atoms with E-state index in [-0.39, 0.29) is 0 Å². The Morgan fingerprint density at radius 1 is 0.333 bits per heavy atom. The van der Waals surface area contributed by atoms with Gasteiger partial charge in [-0.25, -0.2) is 15.0 Å². The number of nitrogens with zero attached hydrogens (tertiary/aromatic N) is 7. The van der Waals surface area contributed by atoms with E-state index in [0.29, 0.717) is 34.2 Å². The van der Waals surface area contributed by atoms with Crippen LogP contribution in [0.25, 0.3) is 100 Å². The first kappa shape index (κ1) is 34.6. The minimum absolute atomic E-state index is 0.351. The molecule has 0 N–H and O–H groups in total. The largest absolute Gasteiger partial charge is 0.308 e. The second-order valence-corrected chi connectivity index (χ2v) is 14.6. The van der Waals surface area contributed by atoms with Crippen LogP contribution >= 0.6 is 0 Å². The van der Waals surface area contributed by atoms with Crippen LogP contribution in [0.2, 0.25) is 0 Å². The maximum absolute atomic E-state index is 10.9. The first-order valence-electron chi connectivity index (χ1n) is 19.7. The molecule has 0 fully saturated rings. The van der Waals surface area contributed by atoms with Crippen molar-refractivity contribution in [2.75, 3.05) is 0 Å². The number of fused-ring (bicyclic) bond motifs is 6. The predicted octanol–water partition coefficient (Wildman–Crippen LogP) is 12.5. The molecule has 11 aromatic rings. The third-order valence-electron chi connectivity index (χ3n) is 11.3. The molecule has 3 heterocycles. The number of aromatic nitrogens is 5. The van der Waals surface area contributed by atoms with Crippen LogP contribution in [0, 0.1) is 22.7 Å². The van der Waals surface area contributed by atoms with Crippen molar-refractivity contribution in [3.05, 3.63) is 199 Å². The van der Waals surface area contributed by atoms with Crippen LogP contribution in [0.15, 0.2) is 188 Å². The Morgan fingerprint density at radius 2 is 0.733 bits per heavy atom. The van der Waals surface area contributed by atoms with Gasteiger partial charge in [0.15, 0.2) is 17.5 Å². The summed E-state index contributed by atoms with van der Waals surface area (Å²) in [5, 5.41) is 25.7. The molecule has 0 aliphatic heterocycles. The summed E-state index contributed by atoms with van der Waals surface area (Å²) in [6.45, 7) is 0. The van der Waals surface area contributed by atoms with E-state index in [9.17, 15) is 10.5 Å². The molecule has 0 saturated carbocycles. The summed E-state index contributed by atoms with van der Waals surface area (Å²) in [5.74, 6) is 1.21. The highest BCUT2D eigenvalue weighted by Crippen LogP contribution is 2.43. The van der Waals surface area contributed by atoms with Gasteiger partial charge in [0.2, 0.25) is 0 Å². The molecule has 0 bridgehead atoms. The smallest absolute Gasteiger partial charge is 0.167 e. The van der Waals surface area contributed by atoms with E-state index in [1.807, 2.05) is 109 Å². The van der Waals surface area contributed by atoms with Crippen LogP contribution in [0.4, 0.5) is 0 Å². The fourth-order valence-electron chi connectivity index (χ4n) is 8.74. The van der Waals surface area contributed by atoms with Crippen LogP contribution in [0.1, 0.15) is 11.1 Å². The third-order valence-corrected chi connectivity index (χ3v) is 11.3. The Bertz CT molecular complexity index is 3480. The fraction of sp³-hybridized carbons (Fsp3) is 0. The number of hydrogen-bond donors (Lipinski definition) is 0. The molecule has 8 aromatic carbocycles. The number of rotatable bonds is 6. The van der Waals surface area contributed by atoms with Crippen molar-refractivity contribution in [1.29, 1.82) is 10.5 Å². The minimum Gasteiger partial charge on any atom is -0.308 e. The molecule has 0 amide bonds. The molecular formula is C53H31N7. The van der Waals surface area contributed by atoms with Gasteiger partial charge in [0.05, 0.1) is 67.8 Å². The van der Waals surface area contributed by atoms with Crippen LogP contribution in [-0.4, -0.2) is 24.1 Å². The fourth-order valence-corrected chi connectivity index (χ4v) is 8.74. The molecule has 60 heavy (non-hydrogen) atoms. The maximum atomic E-state index is 10.9. The first-order valence-corrected chi connectivity index (χ1v) is 19.7. The van der Waals surface area contributed by atoms with Gasteiger partial charge in [0.1, 0.15) is 0 Å². The monoisotopic (exact) mass is 765 g/mol. The quantitative estimate of drug-likeness (QED) is 0.168. The molecule has 0 aliphatic carbocycles. The molecule has 278 valence electrons. The van der Waals surface area contributed by atoms with Crippen molar-refractivity contribution in [1.82, 2.24) is 24.1 Å². The van der Waals surface area contributed by atoms with E-state index in [1.54, 1.807) is 0 Å². The van der Waals surface area contributed by atoms with Crippen molar-refractivity contribution in [3.63, 3.8) is 0 Å². The van der Waals surface area contributed by atoms with Gasteiger partial charge in [-0.05, 0) is 54.1 Å². The highest BCUT2D eigenvalue weighted by Gasteiger charge is 2.26. The second kappa shape index (κ2) is 14.1. The van der Waals surface area contributed by atoms with E-state index < -0.39 is 0 Å². The summed E-state index contributed by atoms with van der Waals surface area (Å²) in [7, 11) is 0. The molecule has 3 aromatic heterocycles. The number of benzene rings is 8. The Hall–Kier alpha value is -8.65. The van der Waals surface area contributed by atoms with Gasteiger partial charge < -0.3 is 9.13 Å². The molecule has 7 heteroatoms. The van der Waals surface area contributed by atoms with Crippen molar-refractivity contribution in [3.8, 4) is 68.8 Å². The van der Waals surface area contributed by atoms with Crippen molar-refractivity contribution >= 4 is 43.6 Å². The van der Waals surface area contributed by atoms with Crippen LogP contribution in [0.3, 0.4) is 0 Å². The lowest BCUT2D eigenvalue weighted by atomic mass is 9.93. The summed E-state index contributed by atoms with van der Waals surface area (Å²) in [6, 6.07) is 67.7. The number of hydrogen-bond acceptors (Lipinski definition) is 5. The molecule has 7 nitrogen and oxygen atoms in total. The summed E-state index contributed by atoms with van der Waals surface area (Å²) in [6.07, 6.45) is 0. The van der Waals surface area contributed by atoms with E-state index in [1.165, 1.54) is 0 Å². The average Bonchev–Trinajstić information content (AvgIpc) is 3.84. The van der Waals surface area contributed by atoms with Gasteiger partial charge in [-0.3, -0.25) is 0 Å². The highest BCUT2D eigenvalue weighted by atomic mass is 15.1.